The summed E-state index contributed by atoms with van der Waals surface area (Å²) in [7, 11) is -3.01. The van der Waals surface area contributed by atoms with Gasteiger partial charge in [0.25, 0.3) is 0 Å². The van der Waals surface area contributed by atoms with E-state index >= 15 is 0 Å². The van der Waals surface area contributed by atoms with E-state index in [0.717, 1.165) is 61.9 Å². The van der Waals surface area contributed by atoms with Gasteiger partial charge in [-0.25, -0.2) is 4.98 Å². The van der Waals surface area contributed by atoms with Gasteiger partial charge in [-0.05, 0) is 64.1 Å². The van der Waals surface area contributed by atoms with Crippen molar-refractivity contribution in [2.75, 3.05) is 4.90 Å². The van der Waals surface area contributed by atoms with Crippen LogP contribution in [-0.4, -0.2) is 18.0 Å². The van der Waals surface area contributed by atoms with Gasteiger partial charge in [0.15, 0.2) is 13.7 Å². The predicted molar refractivity (Wildman–Crippen MR) is 213 cm³/mol. The van der Waals surface area contributed by atoms with Gasteiger partial charge in [0, 0.05) is 39.5 Å². The van der Waals surface area contributed by atoms with Crippen molar-refractivity contribution in [3.8, 4) is 22.8 Å². The Balaban J connectivity index is 1.23. The third-order valence-electron chi connectivity index (χ3n) is 10.1. The molecular weight excluding hydrogens is 655 g/mol. The van der Waals surface area contributed by atoms with Gasteiger partial charge in [-0.15, -0.1) is 0 Å². The lowest BCUT2D eigenvalue weighted by atomic mass is 10.1. The minimum Gasteiger partial charge on any atom is -0.457 e. The number of nitrogens with zero attached hydrogens (tertiary/aromatic N) is 3. The highest BCUT2D eigenvalue weighted by atomic mass is 28.3. The predicted octanol–water partition coefficient (Wildman–Crippen LogP) is 9.00. The molecule has 9 aromatic rings. The molecule has 4 heterocycles. The van der Waals surface area contributed by atoms with Gasteiger partial charge in [-0.2, -0.15) is 0 Å². The maximum absolute atomic E-state index is 6.56. The lowest BCUT2D eigenvalue weighted by Crippen LogP contribution is -2.77. The fourth-order valence-corrected chi connectivity index (χ4v) is 13.2. The number of pyridine rings is 2. The highest BCUT2D eigenvalue weighted by Crippen LogP contribution is 2.42. The van der Waals surface area contributed by atoms with Crippen LogP contribution in [-0.2, 0) is 0 Å². The zero-order valence-electron chi connectivity index (χ0n) is 28.1. The van der Waals surface area contributed by atoms with Crippen LogP contribution in [0, 0.1) is 0 Å². The maximum atomic E-state index is 6.56. The normalized spacial score (nSPS) is 13.1. The number of furan rings is 1. The summed E-state index contributed by atoms with van der Waals surface area (Å²) in [6.07, 6.45) is 3.70. The Kier molecular flexibility index (Phi) is 7.08. The number of rotatable bonds is 6. The first-order valence-electron chi connectivity index (χ1n) is 17.4. The SMILES string of the molecule is c1ccc([Si]2(c3ccccc3)c3ccccc3N(c3cccc(Oc4cccc(-c5ccccn5)c4)c3)c3ncc4oc5ccccc5c4c32)cc1. The van der Waals surface area contributed by atoms with Crippen molar-refractivity contribution in [3.63, 3.8) is 0 Å². The molecule has 1 aliphatic heterocycles. The van der Waals surface area contributed by atoms with Crippen molar-refractivity contribution in [1.82, 2.24) is 9.97 Å². The van der Waals surface area contributed by atoms with Crippen LogP contribution < -0.4 is 30.4 Å². The number of ether oxygens (including phenoxy) is 1. The molecule has 0 saturated carbocycles. The van der Waals surface area contributed by atoms with E-state index in [-0.39, 0.29) is 0 Å². The van der Waals surface area contributed by atoms with Crippen LogP contribution in [0.15, 0.2) is 193 Å². The Morgan fingerprint density at radius 2 is 1.25 bits per heavy atom. The van der Waals surface area contributed by atoms with Gasteiger partial charge in [-0.3, -0.25) is 9.88 Å². The number of aromatic nitrogens is 2. The van der Waals surface area contributed by atoms with Crippen molar-refractivity contribution >= 4 is 68.0 Å². The molecule has 0 saturated heterocycles. The van der Waals surface area contributed by atoms with E-state index in [0.29, 0.717) is 0 Å². The van der Waals surface area contributed by atoms with Gasteiger partial charge >= 0.3 is 0 Å². The maximum Gasteiger partial charge on any atom is 0.187 e. The molecular formula is C46H31N3O2Si. The van der Waals surface area contributed by atoms with Gasteiger partial charge in [0.2, 0.25) is 0 Å². The van der Waals surface area contributed by atoms with Gasteiger partial charge in [-0.1, -0.05) is 121 Å². The lowest BCUT2D eigenvalue weighted by molar-refractivity contribution is 0.483. The van der Waals surface area contributed by atoms with Gasteiger partial charge in [0.05, 0.1) is 17.6 Å². The van der Waals surface area contributed by atoms with Crippen molar-refractivity contribution in [1.29, 1.82) is 0 Å². The summed E-state index contributed by atoms with van der Waals surface area (Å²) >= 11 is 0. The number of hydrogen-bond donors (Lipinski definition) is 0. The molecule has 0 unspecified atom stereocenters. The van der Waals surface area contributed by atoms with E-state index < -0.39 is 8.07 Å². The number of fused-ring (bicyclic) bond motifs is 6. The largest absolute Gasteiger partial charge is 0.457 e. The molecule has 5 nitrogen and oxygen atoms in total. The quantitative estimate of drug-likeness (QED) is 0.164. The average Bonchev–Trinajstić information content (AvgIpc) is 3.60. The average molecular weight is 686 g/mol. The van der Waals surface area contributed by atoms with Crippen molar-refractivity contribution in [3.05, 3.63) is 188 Å². The molecule has 0 radical (unpaired) electrons. The first kappa shape index (κ1) is 30.1. The molecule has 10 rings (SSSR count). The summed E-state index contributed by atoms with van der Waals surface area (Å²) in [6.45, 7) is 0. The van der Waals surface area contributed by atoms with Crippen LogP contribution in [0.1, 0.15) is 0 Å². The molecule has 6 aromatic carbocycles. The van der Waals surface area contributed by atoms with Crippen LogP contribution in [0.5, 0.6) is 11.5 Å². The van der Waals surface area contributed by atoms with Gasteiger partial charge in [0.1, 0.15) is 22.9 Å². The second kappa shape index (κ2) is 12.2. The second-order valence-corrected chi connectivity index (χ2v) is 16.7. The molecule has 0 amide bonds. The summed E-state index contributed by atoms with van der Waals surface area (Å²) in [5.41, 5.74) is 5.59. The summed E-state index contributed by atoms with van der Waals surface area (Å²) in [5.74, 6) is 2.36. The molecule has 0 spiro atoms. The summed E-state index contributed by atoms with van der Waals surface area (Å²) < 4.78 is 13.1. The Bertz CT molecular complexity index is 2690. The summed E-state index contributed by atoms with van der Waals surface area (Å²) in [6, 6.07) is 61.5. The third kappa shape index (κ3) is 4.69. The topological polar surface area (TPSA) is 51.4 Å². The molecule has 0 fully saturated rings. The molecule has 246 valence electrons. The first-order valence-corrected chi connectivity index (χ1v) is 19.4. The zero-order valence-corrected chi connectivity index (χ0v) is 29.1. The van der Waals surface area contributed by atoms with Crippen LogP contribution >= 0.6 is 0 Å². The minimum atomic E-state index is -3.01. The van der Waals surface area contributed by atoms with E-state index in [4.69, 9.17) is 14.1 Å². The van der Waals surface area contributed by atoms with E-state index in [1.54, 1.807) is 0 Å². The van der Waals surface area contributed by atoms with Crippen molar-refractivity contribution < 1.29 is 9.15 Å². The Morgan fingerprint density at radius 1 is 0.558 bits per heavy atom. The highest BCUT2D eigenvalue weighted by molar-refractivity contribution is 7.22. The highest BCUT2D eigenvalue weighted by Gasteiger charge is 2.51. The molecule has 0 atom stereocenters. The van der Waals surface area contributed by atoms with Crippen LogP contribution in [0.25, 0.3) is 33.2 Å². The van der Waals surface area contributed by atoms with Crippen LogP contribution in [0.2, 0.25) is 0 Å². The molecule has 0 bridgehead atoms. The Morgan fingerprint density at radius 3 is 2.04 bits per heavy atom. The van der Waals surface area contributed by atoms with Crippen molar-refractivity contribution in [2.24, 2.45) is 0 Å². The molecule has 0 N–H and O–H groups in total. The summed E-state index contributed by atoms with van der Waals surface area (Å²) in [4.78, 5) is 12.2. The van der Waals surface area contributed by atoms with E-state index in [2.05, 4.69) is 131 Å². The van der Waals surface area contributed by atoms with Crippen molar-refractivity contribution in [2.45, 2.75) is 0 Å². The molecule has 1 aliphatic rings. The smallest absolute Gasteiger partial charge is 0.187 e. The van der Waals surface area contributed by atoms with E-state index in [1.165, 1.54) is 20.7 Å². The Hall–Kier alpha value is -6.76. The van der Waals surface area contributed by atoms with Crippen LogP contribution in [0.3, 0.4) is 0 Å². The summed E-state index contributed by atoms with van der Waals surface area (Å²) in [5, 5.41) is 7.27. The standard InChI is InChI=1S/C46H31N3O2Si/c1-3-19-36(20-4-1)52(37-21-5-2-6-22-37)43-27-10-8-25-40(43)49(46-45(52)44-38-23-7-9-26-41(38)51-42(44)31-48-46)33-16-14-18-35(30-33)50-34-17-13-15-32(29-34)39-24-11-12-28-47-39/h1-31H. The number of hydrogen-bond acceptors (Lipinski definition) is 5. The molecule has 52 heavy (non-hydrogen) atoms. The lowest BCUT2D eigenvalue weighted by Gasteiger charge is -2.44. The Labute approximate surface area is 302 Å². The second-order valence-electron chi connectivity index (χ2n) is 13.0. The van der Waals surface area contributed by atoms with Gasteiger partial charge < -0.3 is 9.15 Å². The number of benzene rings is 6. The number of anilines is 3. The molecule has 6 heteroatoms. The fraction of sp³-hybridized carbons (Fsp3) is 0. The molecule has 3 aromatic heterocycles. The van der Waals surface area contributed by atoms with Crippen LogP contribution in [0.4, 0.5) is 17.2 Å². The first-order chi connectivity index (χ1) is 25.8. The van der Waals surface area contributed by atoms with E-state index in [9.17, 15) is 0 Å². The zero-order chi connectivity index (χ0) is 34.5. The molecule has 0 aliphatic carbocycles. The van der Waals surface area contributed by atoms with E-state index in [1.807, 2.05) is 67.0 Å². The monoisotopic (exact) mass is 685 g/mol. The third-order valence-corrected chi connectivity index (χ3v) is 14.9. The number of para-hydroxylation sites is 2. The fourth-order valence-electron chi connectivity index (χ4n) is 7.95. The minimum absolute atomic E-state index is 0.727.